The topological polar surface area (TPSA) is 346 Å². The van der Waals surface area contributed by atoms with Crippen molar-refractivity contribution < 1.29 is 95.2 Å². The third-order valence-electron chi connectivity index (χ3n) is 20.6. The summed E-state index contributed by atoms with van der Waals surface area (Å²) in [6.45, 7) is 9.77. The van der Waals surface area contributed by atoms with Crippen molar-refractivity contribution in [3.63, 3.8) is 0 Å². The van der Waals surface area contributed by atoms with Gasteiger partial charge in [-0.25, -0.2) is 0 Å². The summed E-state index contributed by atoms with van der Waals surface area (Å²) in [6.07, 6.45) is -0.437. The molecule has 0 spiro atoms. The molecule has 0 fully saturated rings. The fourth-order valence-corrected chi connectivity index (χ4v) is 15.2. The molecule has 13 rings (SSSR count). The van der Waals surface area contributed by atoms with Gasteiger partial charge in [0.05, 0.1) is 71.9 Å². The van der Waals surface area contributed by atoms with E-state index in [2.05, 4.69) is 40.9 Å². The summed E-state index contributed by atoms with van der Waals surface area (Å²) in [7, 11) is 0. The maximum Gasteiger partial charge on any atom is 0.308 e. The molecule has 0 aromatic heterocycles. The van der Waals surface area contributed by atoms with E-state index in [0.29, 0.717) is 90.8 Å². The van der Waals surface area contributed by atoms with Gasteiger partial charge in [-0.15, -0.1) is 0 Å². The van der Waals surface area contributed by atoms with Crippen molar-refractivity contribution in [2.75, 3.05) is 26.4 Å². The summed E-state index contributed by atoms with van der Waals surface area (Å²) in [6, 6.07) is 70.8. The number of hydrogen-bond acceptors (Lipinski definition) is 28. The summed E-state index contributed by atoms with van der Waals surface area (Å²) < 4.78 is 77.2. The first-order valence-corrected chi connectivity index (χ1v) is 42.9. The lowest BCUT2D eigenvalue weighted by molar-refractivity contribution is -0.133. The van der Waals surface area contributed by atoms with Crippen LogP contribution < -0.4 is 56.8 Å². The Balaban J connectivity index is 1.05. The number of hydrogen-bond donors (Lipinski definition) is 0. The number of benzene rings is 12. The molecule has 0 heterocycles. The molecule has 0 N–H and O–H groups in total. The lowest BCUT2D eigenvalue weighted by Crippen LogP contribution is -2.19. The van der Waals surface area contributed by atoms with Crippen LogP contribution in [0.2, 0.25) is 0 Å². The molecule has 132 heavy (non-hydrogen) atoms. The number of ether oxygens (including phenoxy) is 12. The summed E-state index contributed by atoms with van der Waals surface area (Å²) in [4.78, 5) is 113. The molecular formula is C104H96N8O20. The van der Waals surface area contributed by atoms with Gasteiger partial charge in [-0.1, -0.05) is 72.8 Å². The highest BCUT2D eigenvalue weighted by atomic mass is 16.6. The number of esters is 8. The molecule has 12 aromatic rings. The van der Waals surface area contributed by atoms with Crippen LogP contribution in [-0.4, -0.2) is 74.2 Å². The lowest BCUT2D eigenvalue weighted by Gasteiger charge is -2.28. The average Bonchev–Trinajstić information content (AvgIpc) is 0.742. The van der Waals surface area contributed by atoms with Crippen LogP contribution in [0.15, 0.2) is 284 Å². The Labute approximate surface area is 762 Å². The van der Waals surface area contributed by atoms with Gasteiger partial charge >= 0.3 is 47.8 Å². The Bertz CT molecular complexity index is 5350. The van der Waals surface area contributed by atoms with Crippen molar-refractivity contribution in [3.8, 4) is 69.0 Å². The van der Waals surface area contributed by atoms with Crippen molar-refractivity contribution in [1.29, 1.82) is 0 Å². The molecule has 0 aliphatic heterocycles. The highest BCUT2D eigenvalue weighted by Crippen LogP contribution is 2.49. The monoisotopic (exact) mass is 1780 g/mol. The number of carbonyl (C=O) groups is 8. The first-order chi connectivity index (χ1) is 64.0. The van der Waals surface area contributed by atoms with Crippen LogP contribution in [0.25, 0.3) is 0 Å². The molecule has 8 bridgehead atoms. The van der Waals surface area contributed by atoms with Gasteiger partial charge in [-0.3, -0.25) is 38.4 Å². The molecule has 0 radical (unpaired) electrons. The van der Waals surface area contributed by atoms with Crippen LogP contribution in [0.5, 0.6) is 69.0 Å². The summed E-state index contributed by atoms with van der Waals surface area (Å²) in [5.41, 5.74) is 8.68. The molecule has 0 unspecified atom stereocenters. The Morgan fingerprint density at radius 2 is 0.348 bits per heavy atom. The molecule has 1 aliphatic rings. The van der Waals surface area contributed by atoms with Crippen molar-refractivity contribution in [1.82, 2.24) is 0 Å². The number of azo groups is 4. The molecule has 0 amide bonds. The number of fused-ring (bicyclic) bond motifs is 8. The van der Waals surface area contributed by atoms with Gasteiger partial charge < -0.3 is 56.8 Å². The minimum atomic E-state index is -0.794. The summed E-state index contributed by atoms with van der Waals surface area (Å²) in [5, 5.41) is 35.2. The largest absolute Gasteiger partial charge is 0.494 e. The highest BCUT2D eigenvalue weighted by molar-refractivity contribution is 5.80. The number of rotatable bonds is 36. The fourth-order valence-electron chi connectivity index (χ4n) is 15.2. The molecule has 672 valence electrons. The smallest absolute Gasteiger partial charge is 0.308 e. The van der Waals surface area contributed by atoms with Crippen molar-refractivity contribution in [3.05, 3.63) is 309 Å². The average molecular weight is 1780 g/mol. The van der Waals surface area contributed by atoms with Gasteiger partial charge in [0.25, 0.3) is 0 Å². The van der Waals surface area contributed by atoms with E-state index in [4.69, 9.17) is 56.8 Å². The van der Waals surface area contributed by atoms with E-state index in [0.717, 1.165) is 0 Å². The minimum Gasteiger partial charge on any atom is -0.494 e. The predicted molar refractivity (Wildman–Crippen MR) is 491 cm³/mol. The SMILES string of the molecule is CC(=O)Oc1cc(OC(C)=O)c2c(CCCOc3ccc(N=Nc4ccccc4)cc3)c1Cc1c(OC(C)=O)cc(OC(C)=O)c(c1CCCOc1ccc(N=Nc3ccccc3)cc1)Cc1c(OC(C)=O)cc(OC(C)=O)c(c1CCCOc1ccc(N=Nc3ccccc3)cc1)Cc1c(OC(C)=O)cc(OC(C)=O)c(c1CCCOc1ccc(N=Nc3ccccc3)cc1)C2. The van der Waals surface area contributed by atoms with Crippen LogP contribution in [0.4, 0.5) is 45.5 Å². The molecule has 1 aliphatic carbocycles. The van der Waals surface area contributed by atoms with E-state index in [1.807, 2.05) is 121 Å². The van der Waals surface area contributed by atoms with Gasteiger partial charge in [-0.05, 0) is 219 Å². The van der Waals surface area contributed by atoms with Gasteiger partial charge in [0, 0.05) is 150 Å². The van der Waals surface area contributed by atoms with Crippen molar-refractivity contribution in [2.24, 2.45) is 40.9 Å². The van der Waals surface area contributed by atoms with Crippen molar-refractivity contribution >= 4 is 93.3 Å². The minimum absolute atomic E-state index is 0.0202. The van der Waals surface area contributed by atoms with E-state index in [1.54, 1.807) is 97.1 Å². The molecule has 28 heteroatoms. The number of nitrogens with zero attached hydrogens (tertiary/aromatic N) is 8. The zero-order valence-corrected chi connectivity index (χ0v) is 74.2. The molecule has 0 saturated carbocycles. The molecule has 0 saturated heterocycles. The number of carbonyl (C=O) groups excluding carboxylic acids is 8. The molecule has 28 nitrogen and oxygen atoms in total. The highest BCUT2D eigenvalue weighted by Gasteiger charge is 2.34. The first kappa shape index (κ1) is 93.6. The van der Waals surface area contributed by atoms with E-state index in [9.17, 15) is 38.4 Å². The van der Waals surface area contributed by atoms with Gasteiger partial charge in [-0.2, -0.15) is 40.9 Å². The zero-order valence-electron chi connectivity index (χ0n) is 74.2. The van der Waals surface area contributed by atoms with Crippen LogP contribution in [-0.2, 0) is 89.7 Å². The Morgan fingerprint density at radius 3 is 0.492 bits per heavy atom. The van der Waals surface area contributed by atoms with E-state index in [1.165, 1.54) is 79.7 Å². The van der Waals surface area contributed by atoms with Crippen LogP contribution in [0, 0.1) is 0 Å². The Morgan fingerprint density at radius 1 is 0.205 bits per heavy atom. The predicted octanol–water partition coefficient (Wildman–Crippen LogP) is 23.5. The van der Waals surface area contributed by atoms with Gasteiger partial charge in [0.2, 0.25) is 0 Å². The lowest BCUT2D eigenvalue weighted by atomic mass is 9.80. The maximum atomic E-state index is 14.1. The second kappa shape index (κ2) is 46.1. The molecule has 0 atom stereocenters. The first-order valence-electron chi connectivity index (χ1n) is 42.9. The third-order valence-corrected chi connectivity index (χ3v) is 20.6. The second-order valence-corrected chi connectivity index (χ2v) is 30.6. The van der Waals surface area contributed by atoms with E-state index >= 15 is 0 Å². The van der Waals surface area contributed by atoms with Crippen LogP contribution in [0.3, 0.4) is 0 Å². The summed E-state index contributed by atoms with van der Waals surface area (Å²) in [5.74, 6) is -5.32. The summed E-state index contributed by atoms with van der Waals surface area (Å²) >= 11 is 0. The quantitative estimate of drug-likeness (QED) is 0.0152. The van der Waals surface area contributed by atoms with Crippen LogP contribution >= 0.6 is 0 Å². The molecule has 12 aromatic carbocycles. The third kappa shape index (κ3) is 27.0. The van der Waals surface area contributed by atoms with E-state index < -0.39 is 47.8 Å². The Kier molecular flexibility index (Phi) is 32.7. The molecular weight excluding hydrogens is 1680 g/mol. The second-order valence-electron chi connectivity index (χ2n) is 30.6. The van der Waals surface area contributed by atoms with Gasteiger partial charge in [0.1, 0.15) is 69.0 Å². The fraction of sp³-hybridized carbons (Fsp3) is 0.231. The van der Waals surface area contributed by atoms with Crippen molar-refractivity contribution in [2.45, 2.75) is 132 Å². The standard InChI is InChI=1S/C104H96N8O20/c1-65(113)125-97-61-98(126-66(2)114)91-58-92-87(35-23-55-123-83-49-41-79(42-50-83)111-107-75-29-17-11-18-30-75)95(102(130-70(6)118)63-101(92)129-69(5)117)60-96-88(36-24-56-124-84-51-43-80(44-52-84)112-108-76-31-19-12-20-32-76)94(103(131-71(7)119)64-104(96)132-72(8)120)59-93-86(34-22-54-122-82-47-39-78(40-48-82)110-106-74-27-15-10-16-28-74)90(99(127-67(3)115)62-100(93)128-68(4)116)57-89(97)85(91)33-21-53-121-81-45-37-77(38-46-81)109-105-73-25-13-9-14-26-73/h9-20,25-32,37-52,61-64H,21-24,33-36,53-60H2,1-8H3. The van der Waals surface area contributed by atoms with Gasteiger partial charge in [0.15, 0.2) is 0 Å². The van der Waals surface area contributed by atoms with E-state index in [-0.39, 0.29) is 194 Å². The van der Waals surface area contributed by atoms with Crippen LogP contribution in [0.1, 0.15) is 148 Å². The zero-order chi connectivity index (χ0) is 92.8. The normalized spacial score (nSPS) is 11.7. The maximum absolute atomic E-state index is 14.1. The Hall–Kier alpha value is -16.0.